The summed E-state index contributed by atoms with van der Waals surface area (Å²) in [5.74, 6) is 0.861. The molecule has 2 N–H and O–H groups in total. The Morgan fingerprint density at radius 3 is 2.90 bits per heavy atom. The molecule has 0 saturated carbocycles. The van der Waals surface area contributed by atoms with Crippen molar-refractivity contribution < 1.29 is 4.79 Å². The highest BCUT2D eigenvalue weighted by Crippen LogP contribution is 2.19. The van der Waals surface area contributed by atoms with Crippen LogP contribution in [0.4, 0.5) is 0 Å². The van der Waals surface area contributed by atoms with Crippen LogP contribution in [0.3, 0.4) is 0 Å². The minimum absolute atomic E-state index is 0.0975. The van der Waals surface area contributed by atoms with E-state index < -0.39 is 0 Å². The van der Waals surface area contributed by atoms with Gasteiger partial charge < -0.3 is 10.2 Å². The monoisotopic (exact) mass is 278 g/mol. The van der Waals surface area contributed by atoms with Crippen LogP contribution in [-0.2, 0) is 11.3 Å². The zero-order chi connectivity index (χ0) is 14.7. The summed E-state index contributed by atoms with van der Waals surface area (Å²) >= 11 is 0. The third-order valence-corrected chi connectivity index (χ3v) is 4.20. The Balaban J connectivity index is 1.84. The predicted molar refractivity (Wildman–Crippen MR) is 79.2 cm³/mol. The van der Waals surface area contributed by atoms with Gasteiger partial charge in [-0.3, -0.25) is 9.89 Å². The van der Waals surface area contributed by atoms with E-state index in [1.807, 2.05) is 31.9 Å². The normalized spacial score (nSPS) is 23.4. The molecule has 2 rings (SSSR count). The zero-order valence-corrected chi connectivity index (χ0v) is 12.9. The van der Waals surface area contributed by atoms with E-state index in [1.165, 1.54) is 5.56 Å². The van der Waals surface area contributed by atoms with Gasteiger partial charge in [0.05, 0.1) is 6.20 Å². The maximum Gasteiger partial charge on any atom is 0.225 e. The molecule has 1 aliphatic heterocycles. The van der Waals surface area contributed by atoms with Crippen LogP contribution in [0.5, 0.6) is 0 Å². The van der Waals surface area contributed by atoms with E-state index in [1.54, 1.807) is 0 Å². The Bertz CT molecular complexity index is 454. The number of amides is 1. The number of nitrogens with zero attached hydrogens (tertiary/aromatic N) is 2. The van der Waals surface area contributed by atoms with E-state index in [-0.39, 0.29) is 11.8 Å². The van der Waals surface area contributed by atoms with Crippen molar-refractivity contribution in [3.63, 3.8) is 0 Å². The summed E-state index contributed by atoms with van der Waals surface area (Å²) in [6.07, 6.45) is 2.90. The van der Waals surface area contributed by atoms with Gasteiger partial charge in [0.2, 0.25) is 5.91 Å². The number of piperidine rings is 1. The van der Waals surface area contributed by atoms with Crippen molar-refractivity contribution in [2.75, 3.05) is 13.1 Å². The minimum atomic E-state index is 0.0975. The van der Waals surface area contributed by atoms with Crippen molar-refractivity contribution in [1.82, 2.24) is 20.4 Å². The molecule has 1 aromatic heterocycles. The van der Waals surface area contributed by atoms with Gasteiger partial charge in [0, 0.05) is 42.9 Å². The van der Waals surface area contributed by atoms with Crippen molar-refractivity contribution in [2.45, 2.75) is 46.7 Å². The maximum atomic E-state index is 12.0. The van der Waals surface area contributed by atoms with Gasteiger partial charge in [-0.1, -0.05) is 20.8 Å². The van der Waals surface area contributed by atoms with Gasteiger partial charge in [0.25, 0.3) is 0 Å². The molecule has 0 radical (unpaired) electrons. The number of rotatable bonds is 4. The first kappa shape index (κ1) is 15.0. The van der Waals surface area contributed by atoms with E-state index in [4.69, 9.17) is 0 Å². The number of carbonyl (C=O) groups excluding carboxylic acids is 1. The van der Waals surface area contributed by atoms with Crippen molar-refractivity contribution in [1.29, 1.82) is 0 Å². The molecule has 5 nitrogen and oxygen atoms in total. The molecule has 0 aliphatic carbocycles. The molecule has 2 atom stereocenters. The molecule has 112 valence electrons. The van der Waals surface area contributed by atoms with Crippen LogP contribution in [0.25, 0.3) is 0 Å². The lowest BCUT2D eigenvalue weighted by Crippen LogP contribution is -2.50. The number of hydrogen-bond donors (Lipinski definition) is 2. The lowest BCUT2D eigenvalue weighted by molar-refractivity contribution is -0.136. The number of hydrogen-bond acceptors (Lipinski definition) is 3. The second-order valence-electron chi connectivity index (χ2n) is 6.21. The number of aromatic amines is 1. The summed E-state index contributed by atoms with van der Waals surface area (Å²) in [6, 6.07) is 0.473. The fraction of sp³-hybridized carbons (Fsp3) is 0.733. The fourth-order valence-corrected chi connectivity index (χ4v) is 2.81. The molecule has 20 heavy (non-hydrogen) atoms. The Morgan fingerprint density at radius 2 is 2.35 bits per heavy atom. The Hall–Kier alpha value is -1.36. The highest BCUT2D eigenvalue weighted by Gasteiger charge is 2.29. The smallest absolute Gasteiger partial charge is 0.225 e. The summed E-state index contributed by atoms with van der Waals surface area (Å²) in [5.41, 5.74) is 2.34. The third kappa shape index (κ3) is 3.39. The fourth-order valence-electron chi connectivity index (χ4n) is 2.81. The number of likely N-dealkylation sites (tertiary alicyclic amines) is 1. The lowest BCUT2D eigenvalue weighted by atomic mass is 9.93. The summed E-state index contributed by atoms with van der Waals surface area (Å²) in [5, 5.41) is 10.6. The number of H-pyrrole nitrogens is 1. The number of carbonyl (C=O) groups is 1. The number of nitrogens with one attached hydrogen (secondary N) is 2. The molecule has 1 fully saturated rings. The zero-order valence-electron chi connectivity index (χ0n) is 12.9. The topological polar surface area (TPSA) is 61.0 Å². The lowest BCUT2D eigenvalue weighted by Gasteiger charge is -2.38. The van der Waals surface area contributed by atoms with Crippen molar-refractivity contribution in [3.8, 4) is 0 Å². The van der Waals surface area contributed by atoms with Gasteiger partial charge in [0.1, 0.15) is 0 Å². The van der Waals surface area contributed by atoms with E-state index >= 15 is 0 Å². The van der Waals surface area contributed by atoms with Gasteiger partial charge in [-0.05, 0) is 19.3 Å². The minimum Gasteiger partial charge on any atom is -0.342 e. The Labute approximate surface area is 121 Å². The van der Waals surface area contributed by atoms with Crippen LogP contribution in [-0.4, -0.2) is 40.1 Å². The molecule has 5 heteroatoms. The van der Waals surface area contributed by atoms with E-state index in [9.17, 15) is 4.79 Å². The molecule has 1 amide bonds. The molecular weight excluding hydrogens is 252 g/mol. The highest BCUT2D eigenvalue weighted by atomic mass is 16.2. The van der Waals surface area contributed by atoms with Crippen LogP contribution in [0.1, 0.15) is 38.4 Å². The van der Waals surface area contributed by atoms with E-state index in [0.29, 0.717) is 12.0 Å². The maximum absolute atomic E-state index is 12.0. The molecule has 0 spiro atoms. The van der Waals surface area contributed by atoms with Gasteiger partial charge in [-0.25, -0.2) is 0 Å². The standard InChI is InChI=1S/C15H26N4O/c1-10(2)15(20)19-6-5-14(11(3)9-19)16-7-13-8-17-18-12(13)4/h8,10-11,14,16H,5-7,9H2,1-4H3,(H,17,18)/t11-,14-/m0/s1. The number of aryl methyl sites for hydroxylation is 1. The van der Waals surface area contributed by atoms with E-state index in [2.05, 4.69) is 22.4 Å². The van der Waals surface area contributed by atoms with Crippen molar-refractivity contribution in [2.24, 2.45) is 11.8 Å². The Morgan fingerprint density at radius 1 is 1.60 bits per heavy atom. The molecule has 2 heterocycles. The predicted octanol–water partition coefficient (Wildman–Crippen LogP) is 1.70. The SMILES string of the molecule is Cc1[nH]ncc1CN[C@H]1CCN(C(=O)C(C)C)C[C@@H]1C. The van der Waals surface area contributed by atoms with Gasteiger partial charge in [-0.2, -0.15) is 5.10 Å². The molecule has 1 aliphatic rings. The second kappa shape index (κ2) is 6.39. The summed E-state index contributed by atoms with van der Waals surface area (Å²) < 4.78 is 0. The summed E-state index contributed by atoms with van der Waals surface area (Å²) in [7, 11) is 0. The molecule has 1 aromatic rings. The summed E-state index contributed by atoms with van der Waals surface area (Å²) in [6.45, 7) is 10.8. The van der Waals surface area contributed by atoms with Crippen LogP contribution in [0, 0.1) is 18.8 Å². The van der Waals surface area contributed by atoms with E-state index in [0.717, 1.165) is 31.7 Å². The van der Waals surface area contributed by atoms with Crippen LogP contribution < -0.4 is 5.32 Å². The average molecular weight is 278 g/mol. The first-order valence-electron chi connectivity index (χ1n) is 7.50. The number of aromatic nitrogens is 2. The molecule has 0 unspecified atom stereocenters. The van der Waals surface area contributed by atoms with Crippen LogP contribution in [0.2, 0.25) is 0 Å². The first-order chi connectivity index (χ1) is 9.49. The van der Waals surface area contributed by atoms with Gasteiger partial charge in [0.15, 0.2) is 0 Å². The molecule has 1 saturated heterocycles. The quantitative estimate of drug-likeness (QED) is 0.881. The van der Waals surface area contributed by atoms with Crippen LogP contribution >= 0.6 is 0 Å². The largest absolute Gasteiger partial charge is 0.342 e. The average Bonchev–Trinajstić information content (AvgIpc) is 2.82. The van der Waals surface area contributed by atoms with Crippen molar-refractivity contribution in [3.05, 3.63) is 17.5 Å². The first-order valence-corrected chi connectivity index (χ1v) is 7.50. The Kier molecular flexibility index (Phi) is 4.81. The summed E-state index contributed by atoms with van der Waals surface area (Å²) in [4.78, 5) is 14.0. The third-order valence-electron chi connectivity index (χ3n) is 4.20. The van der Waals surface area contributed by atoms with Gasteiger partial charge in [-0.15, -0.1) is 0 Å². The molecular formula is C15H26N4O. The van der Waals surface area contributed by atoms with Crippen LogP contribution in [0.15, 0.2) is 6.20 Å². The molecule has 0 bridgehead atoms. The van der Waals surface area contributed by atoms with Gasteiger partial charge >= 0.3 is 0 Å². The highest BCUT2D eigenvalue weighted by molar-refractivity contribution is 5.78. The van der Waals surface area contributed by atoms with Crippen molar-refractivity contribution >= 4 is 5.91 Å². The second-order valence-corrected chi connectivity index (χ2v) is 6.21. The molecule has 0 aromatic carbocycles.